The van der Waals surface area contributed by atoms with E-state index in [1.807, 2.05) is 4.90 Å². The Kier molecular flexibility index (Phi) is 3.64. The first-order chi connectivity index (χ1) is 10.1. The summed E-state index contributed by atoms with van der Waals surface area (Å²) in [6.07, 6.45) is 2.05. The molecule has 0 atom stereocenters. The largest absolute Gasteiger partial charge is 0.507 e. The molecule has 0 saturated carbocycles. The Morgan fingerprint density at radius 3 is 2.76 bits per heavy atom. The third-order valence-corrected chi connectivity index (χ3v) is 3.97. The fraction of sp³-hybridized carbons (Fsp3) is 0.375. The zero-order valence-electron chi connectivity index (χ0n) is 12.0. The number of carbonyl (C=O) groups excluding carboxylic acids is 1. The molecule has 0 bridgehead atoms. The molecule has 21 heavy (non-hydrogen) atoms. The third-order valence-electron chi connectivity index (χ3n) is 3.97. The second kappa shape index (κ2) is 5.60. The molecule has 0 spiro atoms. The van der Waals surface area contributed by atoms with Crippen molar-refractivity contribution in [1.82, 2.24) is 10.1 Å². The highest BCUT2D eigenvalue weighted by Gasteiger charge is 2.24. The summed E-state index contributed by atoms with van der Waals surface area (Å²) in [6, 6.07) is 8.43. The first kappa shape index (κ1) is 13.7. The fourth-order valence-electron chi connectivity index (χ4n) is 2.56. The standard InChI is InChI=1S/C16H18N2O3/c1-11-6-8-18(9-7-11)16(20)13-10-15(21-17-13)12-4-2-3-5-14(12)19/h2-5,10-11,19H,6-9H2,1H3. The summed E-state index contributed by atoms with van der Waals surface area (Å²) in [5.74, 6) is 1.08. The number of hydrogen-bond donors (Lipinski definition) is 1. The molecule has 1 N–H and O–H groups in total. The SMILES string of the molecule is CC1CCN(C(=O)c2cc(-c3ccccc3O)on2)CC1. The normalized spacial score (nSPS) is 16.1. The molecule has 5 heteroatoms. The zero-order valence-corrected chi connectivity index (χ0v) is 12.0. The minimum absolute atomic E-state index is 0.104. The van der Waals surface area contributed by atoms with Crippen LogP contribution in [0.3, 0.4) is 0 Å². The number of para-hydroxylation sites is 1. The third kappa shape index (κ3) is 2.77. The highest BCUT2D eigenvalue weighted by atomic mass is 16.5. The molecular weight excluding hydrogens is 268 g/mol. The molecule has 0 unspecified atom stereocenters. The van der Waals surface area contributed by atoms with Gasteiger partial charge in [-0.15, -0.1) is 0 Å². The lowest BCUT2D eigenvalue weighted by atomic mass is 9.99. The number of phenols is 1. The molecule has 1 aromatic carbocycles. The molecule has 3 rings (SSSR count). The minimum atomic E-state index is -0.104. The Morgan fingerprint density at radius 1 is 1.33 bits per heavy atom. The molecule has 1 amide bonds. The summed E-state index contributed by atoms with van der Waals surface area (Å²) in [4.78, 5) is 14.2. The van der Waals surface area contributed by atoms with E-state index in [9.17, 15) is 9.90 Å². The number of rotatable bonds is 2. The Morgan fingerprint density at radius 2 is 2.05 bits per heavy atom. The molecule has 0 aliphatic carbocycles. The van der Waals surface area contributed by atoms with Gasteiger partial charge in [-0.05, 0) is 30.9 Å². The van der Waals surface area contributed by atoms with Crippen molar-refractivity contribution in [2.75, 3.05) is 13.1 Å². The highest BCUT2D eigenvalue weighted by molar-refractivity contribution is 5.93. The van der Waals surface area contributed by atoms with Crippen LogP contribution in [0.4, 0.5) is 0 Å². The van der Waals surface area contributed by atoms with Gasteiger partial charge in [0.05, 0.1) is 5.56 Å². The molecule has 110 valence electrons. The van der Waals surface area contributed by atoms with Crippen LogP contribution in [-0.4, -0.2) is 34.2 Å². The van der Waals surface area contributed by atoms with E-state index < -0.39 is 0 Å². The van der Waals surface area contributed by atoms with E-state index in [-0.39, 0.29) is 11.7 Å². The van der Waals surface area contributed by atoms with Crippen LogP contribution in [0, 0.1) is 5.92 Å². The van der Waals surface area contributed by atoms with E-state index in [2.05, 4.69) is 12.1 Å². The maximum absolute atomic E-state index is 12.4. The van der Waals surface area contributed by atoms with E-state index in [4.69, 9.17) is 4.52 Å². The average Bonchev–Trinajstić information content (AvgIpc) is 2.97. The van der Waals surface area contributed by atoms with Gasteiger partial charge in [-0.3, -0.25) is 4.79 Å². The monoisotopic (exact) mass is 286 g/mol. The Balaban J connectivity index is 1.79. The van der Waals surface area contributed by atoms with Crippen molar-refractivity contribution in [3.8, 4) is 17.1 Å². The maximum atomic E-state index is 12.4. The number of aromatic hydroxyl groups is 1. The van der Waals surface area contributed by atoms with Crippen LogP contribution in [0.2, 0.25) is 0 Å². The average molecular weight is 286 g/mol. The van der Waals surface area contributed by atoms with Crippen LogP contribution in [0.15, 0.2) is 34.9 Å². The first-order valence-electron chi connectivity index (χ1n) is 7.19. The van der Waals surface area contributed by atoms with E-state index in [0.29, 0.717) is 22.9 Å². The predicted molar refractivity (Wildman–Crippen MR) is 77.9 cm³/mol. The lowest BCUT2D eigenvalue weighted by Gasteiger charge is -2.29. The zero-order chi connectivity index (χ0) is 14.8. The lowest BCUT2D eigenvalue weighted by molar-refractivity contribution is 0.0687. The van der Waals surface area contributed by atoms with Gasteiger partial charge in [0, 0.05) is 19.2 Å². The van der Waals surface area contributed by atoms with Gasteiger partial charge in [-0.1, -0.05) is 24.2 Å². The quantitative estimate of drug-likeness (QED) is 0.921. The van der Waals surface area contributed by atoms with Gasteiger partial charge in [0.15, 0.2) is 11.5 Å². The number of carbonyl (C=O) groups is 1. The van der Waals surface area contributed by atoms with Gasteiger partial charge in [0.1, 0.15) is 5.75 Å². The molecule has 5 nitrogen and oxygen atoms in total. The number of benzene rings is 1. The smallest absolute Gasteiger partial charge is 0.276 e. The Hall–Kier alpha value is -2.30. The van der Waals surface area contributed by atoms with Crippen molar-refractivity contribution in [1.29, 1.82) is 0 Å². The van der Waals surface area contributed by atoms with Crippen molar-refractivity contribution in [3.05, 3.63) is 36.0 Å². The van der Waals surface area contributed by atoms with Crippen molar-refractivity contribution in [2.24, 2.45) is 5.92 Å². The topological polar surface area (TPSA) is 66.6 Å². The lowest BCUT2D eigenvalue weighted by Crippen LogP contribution is -2.38. The van der Waals surface area contributed by atoms with E-state index in [1.54, 1.807) is 30.3 Å². The molecule has 1 saturated heterocycles. The molecule has 1 aliphatic heterocycles. The van der Waals surface area contributed by atoms with Crippen LogP contribution >= 0.6 is 0 Å². The summed E-state index contributed by atoms with van der Waals surface area (Å²) in [6.45, 7) is 3.73. The number of piperidine rings is 1. The van der Waals surface area contributed by atoms with E-state index >= 15 is 0 Å². The van der Waals surface area contributed by atoms with E-state index in [1.165, 1.54) is 0 Å². The number of amides is 1. The second-order valence-corrected chi connectivity index (χ2v) is 5.57. The summed E-state index contributed by atoms with van der Waals surface area (Å²) >= 11 is 0. The van der Waals surface area contributed by atoms with Gasteiger partial charge in [-0.2, -0.15) is 0 Å². The molecule has 2 aromatic rings. The number of aromatic nitrogens is 1. The predicted octanol–water partition coefficient (Wildman–Crippen LogP) is 2.92. The molecule has 2 heterocycles. The van der Waals surface area contributed by atoms with Gasteiger partial charge in [-0.25, -0.2) is 0 Å². The van der Waals surface area contributed by atoms with Gasteiger partial charge < -0.3 is 14.5 Å². The molecule has 1 fully saturated rings. The minimum Gasteiger partial charge on any atom is -0.507 e. The number of likely N-dealkylation sites (tertiary alicyclic amines) is 1. The van der Waals surface area contributed by atoms with Crippen LogP contribution in [0.1, 0.15) is 30.3 Å². The molecule has 0 radical (unpaired) electrons. The maximum Gasteiger partial charge on any atom is 0.276 e. The Labute approximate surface area is 123 Å². The highest BCUT2D eigenvalue weighted by Crippen LogP contribution is 2.29. The van der Waals surface area contributed by atoms with E-state index in [0.717, 1.165) is 25.9 Å². The van der Waals surface area contributed by atoms with Crippen LogP contribution in [0.25, 0.3) is 11.3 Å². The van der Waals surface area contributed by atoms with Crippen LogP contribution < -0.4 is 0 Å². The molecule has 1 aliphatic rings. The number of phenolic OH excluding ortho intramolecular Hbond substituents is 1. The Bertz CT molecular complexity index is 642. The van der Waals surface area contributed by atoms with Gasteiger partial charge in [0.25, 0.3) is 5.91 Å². The van der Waals surface area contributed by atoms with Crippen LogP contribution in [-0.2, 0) is 0 Å². The summed E-state index contributed by atoms with van der Waals surface area (Å²) < 4.78 is 5.21. The van der Waals surface area contributed by atoms with Gasteiger partial charge in [0.2, 0.25) is 0 Å². The van der Waals surface area contributed by atoms with Crippen molar-refractivity contribution < 1.29 is 14.4 Å². The fourth-order valence-corrected chi connectivity index (χ4v) is 2.56. The second-order valence-electron chi connectivity index (χ2n) is 5.57. The van der Waals surface area contributed by atoms with Crippen molar-refractivity contribution >= 4 is 5.91 Å². The first-order valence-corrected chi connectivity index (χ1v) is 7.19. The number of nitrogens with zero attached hydrogens (tertiary/aromatic N) is 2. The number of hydrogen-bond acceptors (Lipinski definition) is 4. The van der Waals surface area contributed by atoms with Crippen LogP contribution in [0.5, 0.6) is 5.75 Å². The van der Waals surface area contributed by atoms with Gasteiger partial charge >= 0.3 is 0 Å². The summed E-state index contributed by atoms with van der Waals surface area (Å²) in [5.41, 5.74) is 0.833. The summed E-state index contributed by atoms with van der Waals surface area (Å²) in [7, 11) is 0. The van der Waals surface area contributed by atoms with Crippen molar-refractivity contribution in [3.63, 3.8) is 0 Å². The summed E-state index contributed by atoms with van der Waals surface area (Å²) in [5, 5.41) is 13.7. The molecular formula is C16H18N2O3. The molecule has 1 aromatic heterocycles. The van der Waals surface area contributed by atoms with Crippen molar-refractivity contribution in [2.45, 2.75) is 19.8 Å².